The molecule has 0 unspecified atom stereocenters. The van der Waals surface area contributed by atoms with E-state index in [1.807, 2.05) is 0 Å². The molecule has 1 aromatic carbocycles. The third kappa shape index (κ3) is 4.90. The number of ketones is 2. The van der Waals surface area contributed by atoms with Crippen LogP contribution in [0.25, 0.3) is 0 Å². The van der Waals surface area contributed by atoms with Crippen molar-refractivity contribution < 1.29 is 14.4 Å². The normalized spacial score (nSPS) is 9.90. The minimum atomic E-state index is -1.13. The van der Waals surface area contributed by atoms with Crippen LogP contribution in [-0.4, -0.2) is 33.4 Å². The average Bonchev–Trinajstić information content (AvgIpc) is 2.39. The largest absolute Gasteiger partial charge is 0.317 e. The van der Waals surface area contributed by atoms with Crippen LogP contribution in [0.4, 0.5) is 0 Å². The Hall–Kier alpha value is -1.81. The van der Waals surface area contributed by atoms with Crippen molar-refractivity contribution in [1.82, 2.24) is 4.90 Å². The lowest BCUT2D eigenvalue weighted by Crippen LogP contribution is -2.47. The van der Waals surface area contributed by atoms with E-state index in [9.17, 15) is 14.4 Å². The molecule has 0 atom stereocenters. The molecule has 1 rings (SSSR count). The molecule has 0 radical (unpaired) electrons. The van der Waals surface area contributed by atoms with Gasteiger partial charge in [0.05, 0.1) is 6.08 Å². The fourth-order valence-electron chi connectivity index (χ4n) is 1.94. The summed E-state index contributed by atoms with van der Waals surface area (Å²) in [7, 11) is 0. The average molecular weight is 324 g/mol. The van der Waals surface area contributed by atoms with Crippen molar-refractivity contribution in [2.45, 2.75) is 26.4 Å². The number of hydrogen-bond donors (Lipinski definition) is 0. The van der Waals surface area contributed by atoms with Crippen LogP contribution < -0.4 is 0 Å². The van der Waals surface area contributed by atoms with E-state index in [-0.39, 0.29) is 6.54 Å². The first-order valence-corrected chi connectivity index (χ1v) is 6.92. The molecule has 0 saturated carbocycles. The van der Waals surface area contributed by atoms with E-state index in [4.69, 9.17) is 11.6 Å². The lowest BCUT2D eigenvalue weighted by atomic mass is 10.1. The molecular weight excluding hydrogens is 310 g/mol. The second-order valence-electron chi connectivity index (χ2n) is 4.48. The molecule has 4 nitrogen and oxygen atoms in total. The maximum absolute atomic E-state index is 12.1. The van der Waals surface area contributed by atoms with E-state index in [0.29, 0.717) is 5.02 Å². The van der Waals surface area contributed by atoms with Crippen LogP contribution in [-0.2, 0) is 20.9 Å². The summed E-state index contributed by atoms with van der Waals surface area (Å²) in [4.78, 5) is 36.6. The molecule has 0 aliphatic carbocycles. The molecule has 1 aromatic rings. The van der Waals surface area contributed by atoms with Crippen LogP contribution in [0.3, 0.4) is 0 Å². The topological polar surface area (TPSA) is 54.5 Å². The molecular formula is C15H14ClNO3S. The highest BCUT2D eigenvalue weighted by Crippen LogP contribution is 2.14. The third-order valence-electron chi connectivity index (χ3n) is 2.81. The van der Waals surface area contributed by atoms with Crippen LogP contribution in [0.15, 0.2) is 30.3 Å². The van der Waals surface area contributed by atoms with Gasteiger partial charge in [-0.1, -0.05) is 23.7 Å². The van der Waals surface area contributed by atoms with Gasteiger partial charge in [0.15, 0.2) is 11.6 Å². The molecule has 0 saturated heterocycles. The minimum absolute atomic E-state index is 0.105. The van der Waals surface area contributed by atoms with E-state index in [2.05, 4.69) is 17.2 Å². The predicted octanol–water partition coefficient (Wildman–Crippen LogP) is 2.37. The number of rotatable bonds is 6. The van der Waals surface area contributed by atoms with Gasteiger partial charge in [-0.25, -0.2) is 0 Å². The zero-order chi connectivity index (χ0) is 16.0. The van der Waals surface area contributed by atoms with Gasteiger partial charge < -0.3 is 4.90 Å². The van der Waals surface area contributed by atoms with Gasteiger partial charge in [0.1, 0.15) is 6.04 Å². The maximum Gasteiger partial charge on any atom is 0.256 e. The summed E-state index contributed by atoms with van der Waals surface area (Å²) in [5, 5.41) is 2.76. The third-order valence-corrected chi connectivity index (χ3v) is 3.18. The number of hydrogen-bond acceptors (Lipinski definition) is 4. The lowest BCUT2D eigenvalue weighted by molar-refractivity contribution is -0.142. The number of nitrogens with zero attached hydrogens (tertiary/aromatic N) is 1. The van der Waals surface area contributed by atoms with Crippen molar-refractivity contribution >= 4 is 46.3 Å². The molecule has 21 heavy (non-hydrogen) atoms. The monoisotopic (exact) mass is 323 g/mol. The molecule has 110 valence electrons. The van der Waals surface area contributed by atoms with Crippen molar-refractivity contribution in [2.24, 2.45) is 0 Å². The highest BCUT2D eigenvalue weighted by molar-refractivity contribution is 7.78. The van der Waals surface area contributed by atoms with E-state index < -0.39 is 23.5 Å². The van der Waals surface area contributed by atoms with Gasteiger partial charge in [-0.3, -0.25) is 14.4 Å². The van der Waals surface area contributed by atoms with Gasteiger partial charge in [0.2, 0.25) is 0 Å². The Balaban J connectivity index is 3.15. The zero-order valence-electron chi connectivity index (χ0n) is 11.6. The van der Waals surface area contributed by atoms with Crippen molar-refractivity contribution in [3.63, 3.8) is 0 Å². The first-order valence-electron chi connectivity index (χ1n) is 6.13. The molecule has 0 spiro atoms. The van der Waals surface area contributed by atoms with E-state index in [1.165, 1.54) is 18.7 Å². The van der Waals surface area contributed by atoms with Gasteiger partial charge in [-0.05, 0) is 48.8 Å². The van der Waals surface area contributed by atoms with Crippen LogP contribution in [0.5, 0.6) is 0 Å². The summed E-state index contributed by atoms with van der Waals surface area (Å²) < 4.78 is 0. The summed E-state index contributed by atoms with van der Waals surface area (Å²) >= 11 is 10.3. The summed E-state index contributed by atoms with van der Waals surface area (Å²) in [6.45, 7) is 2.65. The fraction of sp³-hybridized carbons (Fsp3) is 0.267. The quantitative estimate of drug-likeness (QED) is 0.458. The zero-order valence-corrected chi connectivity index (χ0v) is 13.2. The highest BCUT2D eigenvalue weighted by atomic mass is 35.5. The predicted molar refractivity (Wildman–Crippen MR) is 84.3 cm³/mol. The van der Waals surface area contributed by atoms with Gasteiger partial charge in [-0.2, -0.15) is 0 Å². The van der Waals surface area contributed by atoms with Crippen molar-refractivity contribution in [3.8, 4) is 0 Å². The van der Waals surface area contributed by atoms with E-state index in [1.54, 1.807) is 24.3 Å². The van der Waals surface area contributed by atoms with Gasteiger partial charge in [0, 0.05) is 11.6 Å². The Kier molecular flexibility index (Phi) is 6.43. The molecule has 0 aromatic heterocycles. The molecule has 6 heteroatoms. The van der Waals surface area contributed by atoms with Crippen LogP contribution in [0.2, 0.25) is 5.02 Å². The fourth-order valence-corrected chi connectivity index (χ4v) is 2.17. The molecule has 1 amide bonds. The molecule has 0 heterocycles. The first-order chi connectivity index (χ1) is 9.86. The van der Waals surface area contributed by atoms with Crippen LogP contribution in [0.1, 0.15) is 19.4 Å². The molecule has 0 aliphatic heterocycles. The standard InChI is InChI=1S/C15H14ClNO3S/c1-10(18)15(11(2)19)17(14(20)7-8-21)9-12-3-5-13(16)6-4-12/h3-7,15H,9H2,1-2H3. The number of benzene rings is 1. The second-order valence-corrected chi connectivity index (χ2v) is 5.15. The van der Waals surface area contributed by atoms with Crippen LogP contribution >= 0.6 is 23.8 Å². The smallest absolute Gasteiger partial charge is 0.256 e. The summed E-state index contributed by atoms with van der Waals surface area (Å²) in [5.74, 6) is -1.33. The summed E-state index contributed by atoms with van der Waals surface area (Å²) in [6, 6.07) is 5.66. The van der Waals surface area contributed by atoms with Crippen LogP contribution in [0, 0.1) is 0 Å². The van der Waals surface area contributed by atoms with Gasteiger partial charge in [-0.15, -0.1) is 0 Å². The lowest BCUT2D eigenvalue weighted by Gasteiger charge is -2.27. The highest BCUT2D eigenvalue weighted by Gasteiger charge is 2.30. The van der Waals surface area contributed by atoms with Crippen molar-refractivity contribution in [3.05, 3.63) is 40.9 Å². The summed E-state index contributed by atoms with van der Waals surface area (Å²) in [6.07, 6.45) is 1.03. The molecule has 0 aliphatic rings. The second kappa shape index (κ2) is 7.84. The summed E-state index contributed by atoms with van der Waals surface area (Å²) in [5.41, 5.74) is 0.748. The number of amides is 1. The van der Waals surface area contributed by atoms with Crippen molar-refractivity contribution in [1.29, 1.82) is 0 Å². The Labute approximate surface area is 133 Å². The Morgan fingerprint density at radius 1 is 1.24 bits per heavy atom. The molecule has 0 bridgehead atoms. The first kappa shape index (κ1) is 17.2. The van der Waals surface area contributed by atoms with E-state index in [0.717, 1.165) is 11.6 Å². The Morgan fingerprint density at radius 2 is 1.76 bits per heavy atom. The maximum atomic E-state index is 12.1. The SMILES string of the molecule is CC(=O)C(C(C)=O)N(Cc1ccc(Cl)cc1)C(=O)C=C=S. The van der Waals surface area contributed by atoms with Gasteiger partial charge in [0.25, 0.3) is 5.91 Å². The number of carbonyl (C=O) groups is 3. The number of halogens is 1. The molecule has 0 fully saturated rings. The Bertz CT molecular complexity index is 592. The Morgan fingerprint density at radius 3 is 2.19 bits per heavy atom. The number of carbonyl (C=O) groups excluding carboxylic acids is 3. The minimum Gasteiger partial charge on any atom is -0.317 e. The number of Topliss-reactive ketones (excluding diaryl/α,β-unsaturated/α-hetero) is 2. The van der Waals surface area contributed by atoms with Crippen molar-refractivity contribution in [2.75, 3.05) is 0 Å². The van der Waals surface area contributed by atoms with E-state index >= 15 is 0 Å². The molecule has 0 N–H and O–H groups in total. The number of thiocarbonyl (C=S) groups is 1. The van der Waals surface area contributed by atoms with Gasteiger partial charge >= 0.3 is 0 Å².